The first-order chi connectivity index (χ1) is 9.85. The van der Waals surface area contributed by atoms with Crippen LogP contribution in [0.5, 0.6) is 5.75 Å². The van der Waals surface area contributed by atoms with Gasteiger partial charge in [0.05, 0.1) is 13.2 Å². The molecule has 1 aliphatic rings. The predicted molar refractivity (Wildman–Crippen MR) is 86.6 cm³/mol. The number of rotatable bonds is 5. The molecule has 1 saturated carbocycles. The van der Waals surface area contributed by atoms with Gasteiger partial charge in [-0.1, -0.05) is 39.3 Å². The summed E-state index contributed by atoms with van der Waals surface area (Å²) in [5, 5.41) is 9.47. The Balaban J connectivity index is 1.89. The molecule has 3 N–H and O–H groups in total. The van der Waals surface area contributed by atoms with Crippen LogP contribution in [-0.4, -0.2) is 23.9 Å². The Labute approximate surface area is 128 Å². The molecule has 0 aliphatic heterocycles. The van der Waals surface area contributed by atoms with Gasteiger partial charge in [0.1, 0.15) is 5.75 Å². The number of aliphatic hydroxyl groups is 1. The van der Waals surface area contributed by atoms with E-state index in [9.17, 15) is 5.11 Å². The summed E-state index contributed by atoms with van der Waals surface area (Å²) in [5.41, 5.74) is 7.28. The number of nitrogens with two attached hydrogens (primary N) is 1. The number of aliphatic hydroxyl groups excluding tert-OH is 1. The third kappa shape index (κ3) is 3.98. The lowest BCUT2D eigenvalue weighted by Gasteiger charge is -2.29. The smallest absolute Gasteiger partial charge is 0.119 e. The molecule has 0 bridgehead atoms. The van der Waals surface area contributed by atoms with Crippen LogP contribution >= 0.6 is 0 Å². The molecule has 0 saturated heterocycles. The first-order valence-corrected chi connectivity index (χ1v) is 7.98. The number of benzene rings is 1. The molecule has 0 radical (unpaired) electrons. The highest BCUT2D eigenvalue weighted by molar-refractivity contribution is 5.32. The van der Waals surface area contributed by atoms with Gasteiger partial charge in [0.25, 0.3) is 0 Å². The van der Waals surface area contributed by atoms with Crippen molar-refractivity contribution in [3.8, 4) is 5.75 Å². The van der Waals surface area contributed by atoms with E-state index in [2.05, 4.69) is 32.9 Å². The maximum atomic E-state index is 9.47. The Morgan fingerprint density at radius 1 is 1.38 bits per heavy atom. The maximum Gasteiger partial charge on any atom is 0.119 e. The van der Waals surface area contributed by atoms with Gasteiger partial charge in [-0.3, -0.25) is 0 Å². The zero-order valence-electron chi connectivity index (χ0n) is 13.6. The third-order valence-electron chi connectivity index (χ3n) is 4.74. The molecule has 1 aromatic carbocycles. The summed E-state index contributed by atoms with van der Waals surface area (Å²) < 4.78 is 5.90. The van der Waals surface area contributed by atoms with Gasteiger partial charge < -0.3 is 15.6 Å². The van der Waals surface area contributed by atoms with E-state index in [-0.39, 0.29) is 12.0 Å². The lowest BCUT2D eigenvalue weighted by molar-refractivity contribution is 0.143. The average Bonchev–Trinajstić information content (AvgIpc) is 2.81. The van der Waals surface area contributed by atoms with Crippen molar-refractivity contribution < 1.29 is 9.84 Å². The van der Waals surface area contributed by atoms with Crippen molar-refractivity contribution >= 4 is 0 Å². The molecular weight excluding hydrogens is 262 g/mol. The number of ether oxygens (including phenoxy) is 1. The van der Waals surface area contributed by atoms with Crippen molar-refractivity contribution in [2.75, 3.05) is 13.2 Å². The van der Waals surface area contributed by atoms with E-state index in [1.54, 1.807) is 0 Å². The lowest BCUT2D eigenvalue weighted by atomic mass is 9.86. The minimum atomic E-state index is -0.392. The summed E-state index contributed by atoms with van der Waals surface area (Å²) >= 11 is 0. The number of hydrogen-bond acceptors (Lipinski definition) is 3. The van der Waals surface area contributed by atoms with Gasteiger partial charge in [0.15, 0.2) is 0 Å². The molecule has 0 amide bonds. The molecule has 3 nitrogen and oxygen atoms in total. The largest absolute Gasteiger partial charge is 0.494 e. The minimum absolute atomic E-state index is 0.0805. The Bertz CT molecular complexity index is 467. The van der Waals surface area contributed by atoms with E-state index >= 15 is 0 Å². The fraction of sp³-hybridized carbons (Fsp3) is 0.667. The summed E-state index contributed by atoms with van der Waals surface area (Å²) in [6.45, 7) is 7.35. The quantitative estimate of drug-likeness (QED) is 0.875. The molecule has 2 atom stereocenters. The topological polar surface area (TPSA) is 55.5 Å². The molecule has 0 heterocycles. The summed E-state index contributed by atoms with van der Waals surface area (Å²) in [5.74, 6) is 1.29. The van der Waals surface area contributed by atoms with Crippen LogP contribution in [0.25, 0.3) is 0 Å². The fourth-order valence-electron chi connectivity index (χ4n) is 3.18. The van der Waals surface area contributed by atoms with Crippen molar-refractivity contribution in [3.05, 3.63) is 29.8 Å². The highest BCUT2D eigenvalue weighted by Gasteiger charge is 2.38. The molecule has 2 unspecified atom stereocenters. The molecule has 0 spiro atoms. The zero-order valence-corrected chi connectivity index (χ0v) is 13.6. The summed E-state index contributed by atoms with van der Waals surface area (Å²) in [4.78, 5) is 0. The van der Waals surface area contributed by atoms with Gasteiger partial charge in [-0.15, -0.1) is 0 Å². The van der Waals surface area contributed by atoms with Gasteiger partial charge in [-0.2, -0.15) is 0 Å². The van der Waals surface area contributed by atoms with Crippen molar-refractivity contribution in [2.24, 2.45) is 11.7 Å². The predicted octanol–water partition coefficient (Wildman–Crippen LogP) is 3.24. The Kier molecular flexibility index (Phi) is 4.95. The number of hydrogen-bond donors (Lipinski definition) is 2. The maximum absolute atomic E-state index is 9.47. The Morgan fingerprint density at radius 2 is 2.14 bits per heavy atom. The van der Waals surface area contributed by atoms with Crippen LogP contribution in [-0.2, 0) is 5.41 Å². The standard InChI is InChI=1S/C18H29NO2/c1-17(2,3)15-6-4-8-16(12-15)21-11-9-14-7-5-10-18(14,19)13-20/h4,6,8,12,14,20H,5,7,9-11,13,19H2,1-3H3. The summed E-state index contributed by atoms with van der Waals surface area (Å²) in [7, 11) is 0. The third-order valence-corrected chi connectivity index (χ3v) is 4.74. The van der Waals surface area contributed by atoms with Crippen LogP contribution in [0.4, 0.5) is 0 Å². The lowest BCUT2D eigenvalue weighted by Crippen LogP contribution is -2.47. The van der Waals surface area contributed by atoms with E-state index in [1.165, 1.54) is 5.56 Å². The highest BCUT2D eigenvalue weighted by Crippen LogP contribution is 2.35. The molecule has 3 heteroatoms. The van der Waals surface area contributed by atoms with E-state index in [4.69, 9.17) is 10.5 Å². The fourth-order valence-corrected chi connectivity index (χ4v) is 3.18. The molecule has 0 aromatic heterocycles. The van der Waals surface area contributed by atoms with Crippen LogP contribution in [0, 0.1) is 5.92 Å². The SMILES string of the molecule is CC(C)(C)c1cccc(OCCC2CCCC2(N)CO)c1. The first kappa shape index (κ1) is 16.3. The van der Waals surface area contributed by atoms with Gasteiger partial charge in [-0.25, -0.2) is 0 Å². The minimum Gasteiger partial charge on any atom is -0.494 e. The first-order valence-electron chi connectivity index (χ1n) is 7.98. The Hall–Kier alpha value is -1.06. The van der Waals surface area contributed by atoms with Crippen molar-refractivity contribution in [1.29, 1.82) is 0 Å². The van der Waals surface area contributed by atoms with Crippen molar-refractivity contribution in [1.82, 2.24) is 0 Å². The van der Waals surface area contributed by atoms with Crippen LogP contribution in [0.15, 0.2) is 24.3 Å². The van der Waals surface area contributed by atoms with Gasteiger partial charge in [0.2, 0.25) is 0 Å². The molecule has 1 aliphatic carbocycles. The van der Waals surface area contributed by atoms with Crippen LogP contribution in [0.3, 0.4) is 0 Å². The second-order valence-electron chi connectivity index (χ2n) is 7.40. The highest BCUT2D eigenvalue weighted by atomic mass is 16.5. The van der Waals surface area contributed by atoms with Crippen LogP contribution in [0.2, 0.25) is 0 Å². The molecule has 1 aromatic rings. The second-order valence-corrected chi connectivity index (χ2v) is 7.40. The monoisotopic (exact) mass is 291 g/mol. The molecule has 118 valence electrons. The van der Waals surface area contributed by atoms with Crippen LogP contribution in [0.1, 0.15) is 52.0 Å². The van der Waals surface area contributed by atoms with Crippen molar-refractivity contribution in [3.63, 3.8) is 0 Å². The van der Waals surface area contributed by atoms with E-state index < -0.39 is 5.54 Å². The van der Waals surface area contributed by atoms with E-state index in [0.717, 1.165) is 31.4 Å². The zero-order chi connectivity index (χ0) is 15.5. The molecule has 1 fully saturated rings. The average molecular weight is 291 g/mol. The molecule has 2 rings (SSSR count). The molecule has 21 heavy (non-hydrogen) atoms. The Morgan fingerprint density at radius 3 is 2.81 bits per heavy atom. The van der Waals surface area contributed by atoms with Crippen LogP contribution < -0.4 is 10.5 Å². The van der Waals surface area contributed by atoms with Gasteiger partial charge >= 0.3 is 0 Å². The van der Waals surface area contributed by atoms with Gasteiger partial charge in [-0.05, 0) is 48.3 Å². The molecular formula is C18H29NO2. The van der Waals surface area contributed by atoms with E-state index in [1.807, 2.05) is 12.1 Å². The van der Waals surface area contributed by atoms with E-state index in [0.29, 0.717) is 12.5 Å². The summed E-state index contributed by atoms with van der Waals surface area (Å²) in [6, 6.07) is 8.31. The van der Waals surface area contributed by atoms with Gasteiger partial charge in [0, 0.05) is 5.54 Å². The normalized spacial score (nSPS) is 26.0. The van der Waals surface area contributed by atoms with Crippen molar-refractivity contribution in [2.45, 2.75) is 57.4 Å². The summed E-state index contributed by atoms with van der Waals surface area (Å²) in [6.07, 6.45) is 4.05. The second kappa shape index (κ2) is 6.37.